The highest BCUT2D eigenvalue weighted by atomic mass is 32.1. The summed E-state index contributed by atoms with van der Waals surface area (Å²) in [6.45, 7) is 0.604. The maximum absolute atomic E-state index is 9.81. The highest BCUT2D eigenvalue weighted by molar-refractivity contribution is 7.80. The maximum Gasteiger partial charge on any atom is 0.103 e. The average Bonchev–Trinajstić information content (AvgIpc) is 2.17. The van der Waals surface area contributed by atoms with Gasteiger partial charge in [0, 0.05) is 12.1 Å². The largest absolute Gasteiger partial charge is 0.389 e. The number of likely N-dealkylation sites (N-methyl/N-ethyl adjacent to an activating group) is 1. The van der Waals surface area contributed by atoms with Gasteiger partial charge in [0.25, 0.3) is 0 Å². The Hall–Kier alpha value is -0.970. The highest BCUT2D eigenvalue weighted by Crippen LogP contribution is 2.14. The lowest BCUT2D eigenvalue weighted by atomic mass is 10.1. The van der Waals surface area contributed by atoms with Gasteiger partial charge in [0.1, 0.15) is 4.99 Å². The zero-order valence-electron chi connectivity index (χ0n) is 8.97. The first kappa shape index (κ1) is 12.1. The van der Waals surface area contributed by atoms with E-state index in [1.54, 1.807) is 0 Å². The molecule has 4 heteroatoms. The van der Waals surface area contributed by atoms with Crippen LogP contribution >= 0.6 is 12.2 Å². The van der Waals surface area contributed by atoms with Gasteiger partial charge in [-0.15, -0.1) is 0 Å². The number of thiocarbonyl (C=S) groups is 1. The Morgan fingerprint density at radius 3 is 2.33 bits per heavy atom. The van der Waals surface area contributed by atoms with Gasteiger partial charge in [0.05, 0.1) is 6.10 Å². The fourth-order valence-electron chi connectivity index (χ4n) is 1.32. The first-order valence-corrected chi connectivity index (χ1v) is 5.14. The van der Waals surface area contributed by atoms with E-state index >= 15 is 0 Å². The van der Waals surface area contributed by atoms with Crippen LogP contribution in [0.25, 0.3) is 0 Å². The van der Waals surface area contributed by atoms with Crippen LogP contribution in [-0.4, -0.2) is 35.6 Å². The van der Waals surface area contributed by atoms with E-state index in [2.05, 4.69) is 0 Å². The molecule has 0 bridgehead atoms. The van der Waals surface area contributed by atoms with Crippen molar-refractivity contribution in [2.24, 2.45) is 5.73 Å². The molecule has 0 spiro atoms. The van der Waals surface area contributed by atoms with E-state index in [-0.39, 0.29) is 0 Å². The van der Waals surface area contributed by atoms with E-state index in [0.29, 0.717) is 11.5 Å². The normalized spacial score (nSPS) is 12.8. The fraction of sp³-hybridized carbons (Fsp3) is 0.364. The summed E-state index contributed by atoms with van der Waals surface area (Å²) in [6.07, 6.45) is -0.472. The van der Waals surface area contributed by atoms with Crippen molar-refractivity contribution in [2.75, 3.05) is 20.6 Å². The van der Waals surface area contributed by atoms with Crippen molar-refractivity contribution in [3.05, 3.63) is 35.4 Å². The molecule has 1 atom stereocenters. The lowest BCUT2D eigenvalue weighted by Gasteiger charge is -2.16. The summed E-state index contributed by atoms with van der Waals surface area (Å²) in [6, 6.07) is 7.36. The summed E-state index contributed by atoms with van der Waals surface area (Å²) in [7, 11) is 3.85. The van der Waals surface area contributed by atoms with Crippen LogP contribution in [0.3, 0.4) is 0 Å². The molecular formula is C11H16N2OS. The Kier molecular flexibility index (Phi) is 4.20. The van der Waals surface area contributed by atoms with Gasteiger partial charge in [-0.05, 0) is 19.7 Å². The van der Waals surface area contributed by atoms with Gasteiger partial charge in [-0.25, -0.2) is 0 Å². The predicted octanol–water partition coefficient (Wildman–Crippen LogP) is 0.916. The summed E-state index contributed by atoms with van der Waals surface area (Å²) in [5.74, 6) is 0. The lowest BCUT2D eigenvalue weighted by Crippen LogP contribution is -2.20. The van der Waals surface area contributed by atoms with Crippen LogP contribution in [0.15, 0.2) is 24.3 Å². The summed E-state index contributed by atoms with van der Waals surface area (Å²) >= 11 is 4.85. The van der Waals surface area contributed by atoms with Crippen molar-refractivity contribution in [1.29, 1.82) is 0 Å². The average molecular weight is 224 g/mol. The number of hydrogen-bond donors (Lipinski definition) is 2. The molecule has 0 fully saturated rings. The summed E-state index contributed by atoms with van der Waals surface area (Å²) in [4.78, 5) is 2.32. The van der Waals surface area contributed by atoms with Gasteiger partial charge in [-0.2, -0.15) is 0 Å². The van der Waals surface area contributed by atoms with E-state index in [1.807, 2.05) is 43.3 Å². The number of rotatable bonds is 4. The molecule has 82 valence electrons. The lowest BCUT2D eigenvalue weighted by molar-refractivity contribution is 0.138. The Morgan fingerprint density at radius 2 is 1.93 bits per heavy atom. The van der Waals surface area contributed by atoms with E-state index in [9.17, 15) is 5.11 Å². The number of nitrogens with zero attached hydrogens (tertiary/aromatic N) is 1. The van der Waals surface area contributed by atoms with Crippen LogP contribution in [0.1, 0.15) is 17.2 Å². The first-order valence-electron chi connectivity index (χ1n) is 4.73. The quantitative estimate of drug-likeness (QED) is 0.747. The minimum atomic E-state index is -0.472. The van der Waals surface area contributed by atoms with Gasteiger partial charge < -0.3 is 15.7 Å². The molecular weight excluding hydrogens is 208 g/mol. The van der Waals surface area contributed by atoms with Crippen molar-refractivity contribution in [3.8, 4) is 0 Å². The molecule has 0 aliphatic heterocycles. The van der Waals surface area contributed by atoms with E-state index in [1.165, 1.54) is 0 Å². The summed E-state index contributed by atoms with van der Waals surface area (Å²) in [5, 5.41) is 9.81. The van der Waals surface area contributed by atoms with Crippen LogP contribution in [0, 0.1) is 0 Å². The Bertz CT molecular complexity index is 335. The third-order valence-electron chi connectivity index (χ3n) is 2.12. The van der Waals surface area contributed by atoms with E-state index < -0.39 is 6.10 Å². The molecule has 0 amide bonds. The van der Waals surface area contributed by atoms with Gasteiger partial charge in [-0.3, -0.25) is 0 Å². The summed E-state index contributed by atoms with van der Waals surface area (Å²) in [5.41, 5.74) is 7.18. The van der Waals surface area contributed by atoms with Gasteiger partial charge in [0.15, 0.2) is 0 Å². The van der Waals surface area contributed by atoms with Crippen LogP contribution in [0.2, 0.25) is 0 Å². The van der Waals surface area contributed by atoms with Crippen LogP contribution in [0.5, 0.6) is 0 Å². The second-order valence-electron chi connectivity index (χ2n) is 3.76. The number of hydrogen-bond acceptors (Lipinski definition) is 3. The molecule has 0 heterocycles. The number of aliphatic hydroxyl groups is 1. The van der Waals surface area contributed by atoms with Crippen LogP contribution in [0.4, 0.5) is 0 Å². The Balaban J connectivity index is 2.75. The molecule has 1 aromatic rings. The molecule has 1 unspecified atom stereocenters. The van der Waals surface area contributed by atoms with E-state index in [0.717, 1.165) is 11.1 Å². The van der Waals surface area contributed by atoms with Crippen molar-refractivity contribution >= 4 is 17.2 Å². The maximum atomic E-state index is 9.81. The van der Waals surface area contributed by atoms with Gasteiger partial charge in [0.2, 0.25) is 0 Å². The monoisotopic (exact) mass is 224 g/mol. The number of aliphatic hydroxyl groups excluding tert-OH is 1. The van der Waals surface area contributed by atoms with Gasteiger partial charge in [-0.1, -0.05) is 36.5 Å². The second kappa shape index (κ2) is 5.21. The molecule has 0 radical (unpaired) electrons. The second-order valence-corrected chi connectivity index (χ2v) is 4.20. The van der Waals surface area contributed by atoms with Crippen LogP contribution in [-0.2, 0) is 0 Å². The van der Waals surface area contributed by atoms with Crippen molar-refractivity contribution in [2.45, 2.75) is 6.10 Å². The zero-order valence-corrected chi connectivity index (χ0v) is 9.79. The van der Waals surface area contributed by atoms with Crippen molar-refractivity contribution < 1.29 is 5.11 Å². The SMILES string of the molecule is CN(C)CC(O)c1ccc(C(N)=S)cc1. The molecule has 0 saturated heterocycles. The fourth-order valence-corrected chi connectivity index (χ4v) is 1.46. The molecule has 0 aliphatic carbocycles. The van der Waals surface area contributed by atoms with Crippen molar-refractivity contribution in [3.63, 3.8) is 0 Å². The van der Waals surface area contributed by atoms with Crippen LogP contribution < -0.4 is 5.73 Å². The third-order valence-corrected chi connectivity index (χ3v) is 2.35. The first-order chi connectivity index (χ1) is 7.00. The minimum absolute atomic E-state index is 0.378. The van der Waals surface area contributed by atoms with Crippen molar-refractivity contribution in [1.82, 2.24) is 4.90 Å². The molecule has 15 heavy (non-hydrogen) atoms. The Labute approximate surface area is 95.5 Å². The zero-order chi connectivity index (χ0) is 11.4. The summed E-state index contributed by atoms with van der Waals surface area (Å²) < 4.78 is 0. The molecule has 0 aliphatic rings. The molecule has 0 aromatic heterocycles. The smallest absolute Gasteiger partial charge is 0.103 e. The molecule has 0 saturated carbocycles. The molecule has 3 nitrogen and oxygen atoms in total. The number of benzene rings is 1. The van der Waals surface area contributed by atoms with Gasteiger partial charge >= 0.3 is 0 Å². The molecule has 1 aromatic carbocycles. The highest BCUT2D eigenvalue weighted by Gasteiger charge is 2.08. The number of nitrogens with two attached hydrogens (primary N) is 1. The third kappa shape index (κ3) is 3.58. The topological polar surface area (TPSA) is 49.5 Å². The van der Waals surface area contributed by atoms with E-state index in [4.69, 9.17) is 18.0 Å². The predicted molar refractivity (Wildman–Crippen MR) is 65.8 cm³/mol. The standard InChI is InChI=1S/C11H16N2OS/c1-13(2)7-10(14)8-3-5-9(6-4-8)11(12)15/h3-6,10,14H,7H2,1-2H3,(H2,12,15). The minimum Gasteiger partial charge on any atom is -0.389 e. The Morgan fingerprint density at radius 1 is 1.40 bits per heavy atom. The molecule has 3 N–H and O–H groups in total. The molecule has 1 rings (SSSR count).